The molecule has 1 fully saturated rings. The molecule has 112 valence electrons. The topological polar surface area (TPSA) is 34.0 Å². The number of piperidine rings is 1. The van der Waals surface area contributed by atoms with Gasteiger partial charge in [0.25, 0.3) is 0 Å². The summed E-state index contributed by atoms with van der Waals surface area (Å²) in [4.78, 5) is 2.58. The van der Waals surface area contributed by atoms with E-state index in [4.69, 9.17) is 0 Å². The van der Waals surface area contributed by atoms with E-state index in [2.05, 4.69) is 50.9 Å². The third-order valence-corrected chi connectivity index (χ3v) is 4.60. The van der Waals surface area contributed by atoms with Crippen LogP contribution in [0, 0.1) is 13.8 Å². The Morgan fingerprint density at radius 2 is 2.05 bits per heavy atom. The minimum atomic E-state index is 0.682. The molecule has 2 aromatic rings. The summed E-state index contributed by atoms with van der Waals surface area (Å²) in [5.41, 5.74) is 2.96. The summed E-state index contributed by atoms with van der Waals surface area (Å²) >= 11 is 0. The quantitative estimate of drug-likeness (QED) is 0.865. The van der Waals surface area contributed by atoms with E-state index in [9.17, 15) is 0 Å². The largest absolute Gasteiger partial charge is 0.317 e. The van der Waals surface area contributed by atoms with Gasteiger partial charge in [-0.15, -0.1) is 10.2 Å². The fourth-order valence-electron chi connectivity index (χ4n) is 3.34. The van der Waals surface area contributed by atoms with Gasteiger partial charge in [0.15, 0.2) is 0 Å². The summed E-state index contributed by atoms with van der Waals surface area (Å²) in [7, 11) is 0. The standard InChI is InChI=1S/C17H24N4/c1-14-6-3-4-8-17(14)16-7-5-9-20(12-16)10-11-21-13-18-19-15(21)2/h3-4,6,8,13,16H,5,7,9-12H2,1-2H3. The van der Waals surface area contributed by atoms with Gasteiger partial charge in [0.1, 0.15) is 12.2 Å². The van der Waals surface area contributed by atoms with E-state index in [1.165, 1.54) is 37.1 Å². The highest BCUT2D eigenvalue weighted by molar-refractivity contribution is 5.29. The van der Waals surface area contributed by atoms with Crippen molar-refractivity contribution < 1.29 is 0 Å². The van der Waals surface area contributed by atoms with Gasteiger partial charge in [0, 0.05) is 19.6 Å². The van der Waals surface area contributed by atoms with Gasteiger partial charge in [0.2, 0.25) is 0 Å². The van der Waals surface area contributed by atoms with E-state index >= 15 is 0 Å². The first-order chi connectivity index (χ1) is 10.2. The number of aromatic nitrogens is 3. The van der Waals surface area contributed by atoms with Crippen molar-refractivity contribution in [1.29, 1.82) is 0 Å². The van der Waals surface area contributed by atoms with Crippen molar-refractivity contribution in [3.05, 3.63) is 47.5 Å². The average Bonchev–Trinajstić information content (AvgIpc) is 2.91. The Bertz CT molecular complexity index is 590. The molecule has 0 spiro atoms. The van der Waals surface area contributed by atoms with Crippen molar-refractivity contribution in [1.82, 2.24) is 19.7 Å². The normalized spacial score (nSPS) is 19.8. The maximum Gasteiger partial charge on any atom is 0.129 e. The molecular formula is C17H24N4. The van der Waals surface area contributed by atoms with E-state index in [1.807, 2.05) is 13.3 Å². The van der Waals surface area contributed by atoms with Crippen molar-refractivity contribution in [3.63, 3.8) is 0 Å². The van der Waals surface area contributed by atoms with Crippen LogP contribution in [-0.2, 0) is 6.54 Å². The molecular weight excluding hydrogens is 260 g/mol. The van der Waals surface area contributed by atoms with Crippen molar-refractivity contribution in [2.24, 2.45) is 0 Å². The highest BCUT2D eigenvalue weighted by atomic mass is 15.3. The van der Waals surface area contributed by atoms with Gasteiger partial charge in [-0.25, -0.2) is 0 Å². The third-order valence-electron chi connectivity index (χ3n) is 4.60. The van der Waals surface area contributed by atoms with Gasteiger partial charge in [-0.2, -0.15) is 0 Å². The van der Waals surface area contributed by atoms with Crippen LogP contribution in [0.2, 0.25) is 0 Å². The minimum Gasteiger partial charge on any atom is -0.317 e. The van der Waals surface area contributed by atoms with E-state index in [1.54, 1.807) is 0 Å². The van der Waals surface area contributed by atoms with Gasteiger partial charge in [-0.1, -0.05) is 24.3 Å². The maximum atomic E-state index is 4.05. The Morgan fingerprint density at radius 1 is 1.19 bits per heavy atom. The van der Waals surface area contributed by atoms with Gasteiger partial charge < -0.3 is 9.47 Å². The maximum absolute atomic E-state index is 4.05. The van der Waals surface area contributed by atoms with Crippen LogP contribution in [0.25, 0.3) is 0 Å². The molecule has 0 amide bonds. The lowest BCUT2D eigenvalue weighted by molar-refractivity contribution is 0.200. The summed E-state index contributed by atoms with van der Waals surface area (Å²) in [6.07, 6.45) is 4.44. The second kappa shape index (κ2) is 6.39. The molecule has 21 heavy (non-hydrogen) atoms. The van der Waals surface area contributed by atoms with E-state index in [0.29, 0.717) is 5.92 Å². The van der Waals surface area contributed by atoms with Crippen molar-refractivity contribution in [2.75, 3.05) is 19.6 Å². The number of aryl methyl sites for hydroxylation is 2. The Balaban J connectivity index is 1.61. The molecule has 0 N–H and O–H groups in total. The fraction of sp³-hybridized carbons (Fsp3) is 0.529. The monoisotopic (exact) mass is 284 g/mol. The summed E-state index contributed by atoms with van der Waals surface area (Å²) in [6.45, 7) is 8.70. The first-order valence-electron chi connectivity index (χ1n) is 7.86. The van der Waals surface area contributed by atoms with Gasteiger partial charge in [0.05, 0.1) is 0 Å². The molecule has 1 aromatic heterocycles. The predicted octanol–water partition coefficient (Wildman–Crippen LogP) is 2.77. The number of rotatable bonds is 4. The molecule has 4 heteroatoms. The molecule has 1 aromatic carbocycles. The number of hydrogen-bond donors (Lipinski definition) is 0. The lowest BCUT2D eigenvalue weighted by Crippen LogP contribution is -2.36. The Kier molecular flexibility index (Phi) is 4.34. The Labute approximate surface area is 126 Å². The lowest BCUT2D eigenvalue weighted by atomic mass is 9.88. The molecule has 0 bridgehead atoms. The van der Waals surface area contributed by atoms with Crippen LogP contribution in [0.3, 0.4) is 0 Å². The molecule has 4 nitrogen and oxygen atoms in total. The molecule has 3 rings (SSSR count). The Morgan fingerprint density at radius 3 is 2.81 bits per heavy atom. The zero-order chi connectivity index (χ0) is 14.7. The predicted molar refractivity (Wildman–Crippen MR) is 84.4 cm³/mol. The zero-order valence-electron chi connectivity index (χ0n) is 13.0. The van der Waals surface area contributed by atoms with Crippen LogP contribution in [-0.4, -0.2) is 39.3 Å². The van der Waals surface area contributed by atoms with Crippen LogP contribution < -0.4 is 0 Å². The molecule has 2 heterocycles. The van der Waals surface area contributed by atoms with Gasteiger partial charge in [-0.3, -0.25) is 0 Å². The molecule has 0 aliphatic carbocycles. The first-order valence-corrected chi connectivity index (χ1v) is 7.86. The third kappa shape index (κ3) is 3.32. The highest BCUT2D eigenvalue weighted by Gasteiger charge is 2.22. The average molecular weight is 284 g/mol. The van der Waals surface area contributed by atoms with Crippen LogP contribution in [0.1, 0.15) is 35.7 Å². The lowest BCUT2D eigenvalue weighted by Gasteiger charge is -2.33. The number of likely N-dealkylation sites (tertiary alicyclic amines) is 1. The Hall–Kier alpha value is -1.68. The molecule has 1 saturated heterocycles. The van der Waals surface area contributed by atoms with Crippen molar-refractivity contribution in [3.8, 4) is 0 Å². The molecule has 1 aliphatic heterocycles. The van der Waals surface area contributed by atoms with Crippen LogP contribution in [0.4, 0.5) is 0 Å². The SMILES string of the molecule is Cc1ccccc1C1CCCN(CCn2cnnc2C)C1. The smallest absolute Gasteiger partial charge is 0.129 e. The van der Waals surface area contributed by atoms with E-state index < -0.39 is 0 Å². The molecule has 0 radical (unpaired) electrons. The van der Waals surface area contributed by atoms with Gasteiger partial charge in [-0.05, 0) is 50.3 Å². The van der Waals surface area contributed by atoms with Crippen LogP contribution in [0.15, 0.2) is 30.6 Å². The fourth-order valence-corrected chi connectivity index (χ4v) is 3.34. The van der Waals surface area contributed by atoms with E-state index in [-0.39, 0.29) is 0 Å². The van der Waals surface area contributed by atoms with Crippen LogP contribution >= 0.6 is 0 Å². The minimum absolute atomic E-state index is 0.682. The van der Waals surface area contributed by atoms with E-state index in [0.717, 1.165) is 18.9 Å². The molecule has 1 atom stereocenters. The first kappa shape index (κ1) is 14.3. The van der Waals surface area contributed by atoms with Crippen LogP contribution in [0.5, 0.6) is 0 Å². The molecule has 0 saturated carbocycles. The second-order valence-corrected chi connectivity index (χ2v) is 6.07. The number of hydrogen-bond acceptors (Lipinski definition) is 3. The molecule has 1 aliphatic rings. The number of benzene rings is 1. The summed E-state index contributed by atoms with van der Waals surface area (Å²) < 4.78 is 2.14. The summed E-state index contributed by atoms with van der Waals surface area (Å²) in [5, 5.41) is 8.00. The number of nitrogens with zero attached hydrogens (tertiary/aromatic N) is 4. The summed E-state index contributed by atoms with van der Waals surface area (Å²) in [5.74, 6) is 1.68. The zero-order valence-corrected chi connectivity index (χ0v) is 13.0. The highest BCUT2D eigenvalue weighted by Crippen LogP contribution is 2.28. The van der Waals surface area contributed by atoms with Crippen molar-refractivity contribution >= 4 is 0 Å². The summed E-state index contributed by atoms with van der Waals surface area (Å²) in [6, 6.07) is 8.83. The molecule has 1 unspecified atom stereocenters. The second-order valence-electron chi connectivity index (χ2n) is 6.07. The van der Waals surface area contributed by atoms with Crippen molar-refractivity contribution in [2.45, 2.75) is 39.2 Å². The van der Waals surface area contributed by atoms with Gasteiger partial charge >= 0.3 is 0 Å².